The number of ketones is 1. The van der Waals surface area contributed by atoms with E-state index in [4.69, 9.17) is 21.3 Å². The number of nitrogens with zero attached hydrogens (tertiary/aromatic N) is 1. The molecule has 1 aromatic carbocycles. The van der Waals surface area contributed by atoms with Crippen molar-refractivity contribution in [3.63, 3.8) is 0 Å². The van der Waals surface area contributed by atoms with Crippen molar-refractivity contribution < 1.29 is 9.21 Å². The first-order valence-electron chi connectivity index (χ1n) is 4.94. The van der Waals surface area contributed by atoms with E-state index < -0.39 is 5.92 Å². The van der Waals surface area contributed by atoms with Crippen LogP contribution in [0, 0.1) is 11.3 Å². The molecule has 0 fully saturated rings. The summed E-state index contributed by atoms with van der Waals surface area (Å²) in [6.45, 7) is 0. The third-order valence-corrected chi connectivity index (χ3v) is 2.65. The molecule has 0 aliphatic heterocycles. The van der Waals surface area contributed by atoms with Gasteiger partial charge in [-0.05, 0) is 23.8 Å². The van der Waals surface area contributed by atoms with E-state index in [1.807, 2.05) is 6.07 Å². The van der Waals surface area contributed by atoms with Gasteiger partial charge >= 0.3 is 0 Å². The van der Waals surface area contributed by atoms with Crippen molar-refractivity contribution >= 4 is 17.4 Å². The highest BCUT2D eigenvalue weighted by molar-refractivity contribution is 6.30. The van der Waals surface area contributed by atoms with E-state index in [1.165, 1.54) is 12.5 Å². The van der Waals surface area contributed by atoms with Gasteiger partial charge in [0.15, 0.2) is 5.78 Å². The smallest absolute Gasteiger partial charge is 0.187 e. The molecule has 1 atom stereocenters. The van der Waals surface area contributed by atoms with Crippen LogP contribution < -0.4 is 0 Å². The Morgan fingerprint density at radius 3 is 2.53 bits per heavy atom. The number of nitriles is 1. The standard InChI is InChI=1S/C13H8ClNO2/c14-11-3-1-9(2-4-11)12(7-15)13(16)10-5-6-17-8-10/h1-6,8,12H. The van der Waals surface area contributed by atoms with Gasteiger partial charge in [0.25, 0.3) is 0 Å². The van der Waals surface area contributed by atoms with Gasteiger partial charge in [-0.2, -0.15) is 5.26 Å². The zero-order valence-corrected chi connectivity index (χ0v) is 9.52. The predicted molar refractivity (Wildman–Crippen MR) is 62.8 cm³/mol. The minimum atomic E-state index is -0.829. The Balaban J connectivity index is 2.32. The topological polar surface area (TPSA) is 54.0 Å². The van der Waals surface area contributed by atoms with Crippen molar-refractivity contribution in [2.24, 2.45) is 0 Å². The summed E-state index contributed by atoms with van der Waals surface area (Å²) < 4.78 is 4.83. The van der Waals surface area contributed by atoms with Crippen LogP contribution in [-0.2, 0) is 0 Å². The Bertz CT molecular complexity index is 552. The van der Waals surface area contributed by atoms with Crippen molar-refractivity contribution in [1.82, 2.24) is 0 Å². The molecule has 1 aromatic heterocycles. The highest BCUT2D eigenvalue weighted by Gasteiger charge is 2.22. The summed E-state index contributed by atoms with van der Waals surface area (Å²) in [6.07, 6.45) is 2.74. The Kier molecular flexibility index (Phi) is 3.27. The van der Waals surface area contributed by atoms with Crippen LogP contribution in [0.5, 0.6) is 0 Å². The largest absolute Gasteiger partial charge is 0.472 e. The summed E-state index contributed by atoms with van der Waals surface area (Å²) in [7, 11) is 0. The van der Waals surface area contributed by atoms with Crippen LogP contribution in [0.3, 0.4) is 0 Å². The number of rotatable bonds is 3. The van der Waals surface area contributed by atoms with Crippen molar-refractivity contribution in [2.75, 3.05) is 0 Å². The third-order valence-electron chi connectivity index (χ3n) is 2.40. The normalized spacial score (nSPS) is 11.8. The molecule has 4 heteroatoms. The Hall–Kier alpha value is -2.05. The maximum absolute atomic E-state index is 12.0. The molecule has 0 bridgehead atoms. The predicted octanol–water partition coefficient (Wildman–Crippen LogP) is 3.42. The van der Waals surface area contributed by atoms with Crippen LogP contribution in [-0.4, -0.2) is 5.78 Å². The van der Waals surface area contributed by atoms with E-state index in [0.29, 0.717) is 16.1 Å². The molecule has 2 aromatic rings. The molecule has 17 heavy (non-hydrogen) atoms. The van der Waals surface area contributed by atoms with Crippen LogP contribution in [0.15, 0.2) is 47.3 Å². The lowest BCUT2D eigenvalue weighted by Gasteiger charge is -2.06. The van der Waals surface area contributed by atoms with E-state index in [1.54, 1.807) is 30.3 Å². The fourth-order valence-corrected chi connectivity index (χ4v) is 1.64. The average molecular weight is 246 g/mol. The fraction of sp³-hybridized carbons (Fsp3) is 0.0769. The van der Waals surface area contributed by atoms with Crippen LogP contribution in [0.4, 0.5) is 0 Å². The molecule has 0 radical (unpaired) electrons. The number of carbonyl (C=O) groups excluding carboxylic acids is 1. The quantitative estimate of drug-likeness (QED) is 0.779. The van der Waals surface area contributed by atoms with Crippen LogP contribution in [0.1, 0.15) is 21.8 Å². The lowest BCUT2D eigenvalue weighted by atomic mass is 9.93. The van der Waals surface area contributed by atoms with E-state index >= 15 is 0 Å². The summed E-state index contributed by atoms with van der Waals surface area (Å²) in [5.41, 5.74) is 1.02. The molecule has 2 rings (SSSR count). The van der Waals surface area contributed by atoms with Gasteiger partial charge in [0.2, 0.25) is 0 Å². The molecule has 0 spiro atoms. The van der Waals surface area contributed by atoms with Crippen LogP contribution in [0.25, 0.3) is 0 Å². The van der Waals surface area contributed by atoms with Gasteiger partial charge in [0.05, 0.1) is 17.9 Å². The highest BCUT2D eigenvalue weighted by atomic mass is 35.5. The SMILES string of the molecule is N#CC(C(=O)c1ccoc1)c1ccc(Cl)cc1. The molecule has 0 saturated heterocycles. The molecule has 0 saturated carbocycles. The number of carbonyl (C=O) groups is 1. The summed E-state index contributed by atoms with van der Waals surface area (Å²) in [4.78, 5) is 12.0. The minimum absolute atomic E-state index is 0.274. The maximum Gasteiger partial charge on any atom is 0.187 e. The van der Waals surface area contributed by atoms with Gasteiger partial charge in [-0.15, -0.1) is 0 Å². The van der Waals surface area contributed by atoms with Gasteiger partial charge < -0.3 is 4.42 Å². The summed E-state index contributed by atoms with van der Waals surface area (Å²) in [5.74, 6) is -1.10. The van der Waals surface area contributed by atoms with Crippen molar-refractivity contribution in [1.29, 1.82) is 5.26 Å². The van der Waals surface area contributed by atoms with E-state index in [2.05, 4.69) is 0 Å². The number of benzene rings is 1. The van der Waals surface area contributed by atoms with Crippen molar-refractivity contribution in [3.8, 4) is 6.07 Å². The number of hydrogen-bond donors (Lipinski definition) is 0. The molecule has 0 N–H and O–H groups in total. The zero-order valence-electron chi connectivity index (χ0n) is 8.76. The van der Waals surface area contributed by atoms with Gasteiger partial charge in [0, 0.05) is 5.02 Å². The molecule has 3 nitrogen and oxygen atoms in total. The molecule has 84 valence electrons. The first-order chi connectivity index (χ1) is 8.22. The van der Waals surface area contributed by atoms with Gasteiger partial charge in [-0.1, -0.05) is 23.7 Å². The summed E-state index contributed by atoms with van der Waals surface area (Å²) in [5, 5.41) is 9.65. The second-order valence-corrected chi connectivity index (χ2v) is 3.93. The van der Waals surface area contributed by atoms with Crippen LogP contribution in [0.2, 0.25) is 5.02 Å². The third kappa shape index (κ3) is 2.38. The molecule has 1 unspecified atom stereocenters. The second-order valence-electron chi connectivity index (χ2n) is 3.49. The van der Waals surface area contributed by atoms with E-state index in [0.717, 1.165) is 0 Å². The molecule has 1 heterocycles. The highest BCUT2D eigenvalue weighted by Crippen LogP contribution is 2.22. The maximum atomic E-state index is 12.0. The molecular weight excluding hydrogens is 238 g/mol. The van der Waals surface area contributed by atoms with Crippen LogP contribution >= 0.6 is 11.6 Å². The Morgan fingerprint density at radius 2 is 2.00 bits per heavy atom. The Morgan fingerprint density at radius 1 is 1.29 bits per heavy atom. The zero-order chi connectivity index (χ0) is 12.3. The van der Waals surface area contributed by atoms with Gasteiger partial charge in [-0.3, -0.25) is 4.79 Å². The number of furan rings is 1. The molecule has 0 aliphatic rings. The van der Waals surface area contributed by atoms with E-state index in [9.17, 15) is 4.79 Å². The molecular formula is C13H8ClNO2. The lowest BCUT2D eigenvalue weighted by molar-refractivity contribution is 0.0978. The average Bonchev–Trinajstić information content (AvgIpc) is 2.86. The second kappa shape index (κ2) is 4.86. The van der Waals surface area contributed by atoms with Crippen molar-refractivity contribution in [3.05, 3.63) is 59.0 Å². The van der Waals surface area contributed by atoms with E-state index in [-0.39, 0.29) is 5.78 Å². The monoisotopic (exact) mass is 245 g/mol. The first kappa shape index (κ1) is 11.4. The fourth-order valence-electron chi connectivity index (χ4n) is 1.51. The summed E-state index contributed by atoms with van der Waals surface area (Å²) in [6, 6.07) is 10.2. The minimum Gasteiger partial charge on any atom is -0.472 e. The van der Waals surface area contributed by atoms with Crippen molar-refractivity contribution in [2.45, 2.75) is 5.92 Å². The molecule has 0 aliphatic carbocycles. The number of halogens is 1. The first-order valence-corrected chi connectivity index (χ1v) is 5.31. The Labute approximate surface area is 103 Å². The number of Topliss-reactive ketones (excluding diaryl/α,β-unsaturated/α-hetero) is 1. The summed E-state index contributed by atoms with van der Waals surface area (Å²) >= 11 is 5.76. The molecule has 0 amide bonds. The number of hydrogen-bond acceptors (Lipinski definition) is 3. The van der Waals surface area contributed by atoms with Gasteiger partial charge in [0.1, 0.15) is 12.2 Å². The lowest BCUT2D eigenvalue weighted by Crippen LogP contribution is -2.10. The van der Waals surface area contributed by atoms with Gasteiger partial charge in [-0.25, -0.2) is 0 Å².